The van der Waals surface area contributed by atoms with Crippen molar-refractivity contribution in [3.8, 4) is 0 Å². The van der Waals surface area contributed by atoms with Crippen LogP contribution in [0, 0.1) is 0 Å². The third-order valence-corrected chi connectivity index (χ3v) is 2.04. The van der Waals surface area contributed by atoms with Crippen LogP contribution in [0.5, 0.6) is 0 Å². The van der Waals surface area contributed by atoms with Gasteiger partial charge in [-0.15, -0.1) is 0 Å². The van der Waals surface area contributed by atoms with Gasteiger partial charge in [-0.05, 0) is 26.3 Å². The number of aliphatic hydroxyl groups excluding tert-OH is 1. The Kier molecular flexibility index (Phi) is 8.01. The van der Waals surface area contributed by atoms with E-state index < -0.39 is 6.10 Å². The Labute approximate surface area is 92.1 Å². The van der Waals surface area contributed by atoms with Gasteiger partial charge in [0.1, 0.15) is 0 Å². The van der Waals surface area contributed by atoms with Crippen LogP contribution in [0.15, 0.2) is 11.6 Å². The van der Waals surface area contributed by atoms with Gasteiger partial charge in [0.2, 0.25) is 0 Å². The second-order valence-corrected chi connectivity index (χ2v) is 3.79. The van der Waals surface area contributed by atoms with Gasteiger partial charge in [-0.3, -0.25) is 0 Å². The summed E-state index contributed by atoms with van der Waals surface area (Å²) in [7, 11) is 0. The Morgan fingerprint density at radius 1 is 1.40 bits per heavy atom. The number of carbonyl (C=O) groups excluding carboxylic acids is 1. The molecule has 15 heavy (non-hydrogen) atoms. The molecule has 1 unspecified atom stereocenters. The zero-order valence-corrected chi connectivity index (χ0v) is 9.95. The highest BCUT2D eigenvalue weighted by Gasteiger charge is 2.05. The van der Waals surface area contributed by atoms with Crippen LogP contribution in [-0.4, -0.2) is 23.8 Å². The number of esters is 1. The first-order valence-electron chi connectivity index (χ1n) is 5.61. The highest BCUT2D eigenvalue weighted by atomic mass is 16.5. The van der Waals surface area contributed by atoms with E-state index in [1.165, 1.54) is 18.9 Å². The quantitative estimate of drug-likeness (QED) is 0.402. The minimum atomic E-state index is -0.599. The molecule has 0 aromatic heterocycles. The lowest BCUT2D eigenvalue weighted by molar-refractivity contribution is -0.139. The van der Waals surface area contributed by atoms with Crippen molar-refractivity contribution in [1.29, 1.82) is 0 Å². The highest BCUT2D eigenvalue weighted by molar-refractivity contribution is 5.87. The number of ether oxygens (including phenoxy) is 1. The van der Waals surface area contributed by atoms with Crippen LogP contribution in [0.4, 0.5) is 0 Å². The molecule has 0 rings (SSSR count). The largest absolute Gasteiger partial charge is 0.462 e. The van der Waals surface area contributed by atoms with Crippen LogP contribution in [0.1, 0.15) is 46.5 Å². The lowest BCUT2D eigenvalue weighted by Crippen LogP contribution is -2.09. The van der Waals surface area contributed by atoms with Gasteiger partial charge < -0.3 is 9.84 Å². The van der Waals surface area contributed by atoms with Crippen LogP contribution in [-0.2, 0) is 9.53 Å². The molecular weight excluding hydrogens is 192 g/mol. The van der Waals surface area contributed by atoms with Crippen molar-refractivity contribution in [3.05, 3.63) is 11.6 Å². The van der Waals surface area contributed by atoms with E-state index in [0.29, 0.717) is 12.2 Å². The average Bonchev–Trinajstić information content (AvgIpc) is 2.16. The first-order valence-corrected chi connectivity index (χ1v) is 5.61. The van der Waals surface area contributed by atoms with Gasteiger partial charge in [0, 0.05) is 5.57 Å². The van der Waals surface area contributed by atoms with Gasteiger partial charge in [0.05, 0.1) is 12.7 Å². The Bertz CT molecular complexity index is 207. The topological polar surface area (TPSA) is 46.5 Å². The summed E-state index contributed by atoms with van der Waals surface area (Å²) in [6, 6.07) is 0. The highest BCUT2D eigenvalue weighted by Crippen LogP contribution is 2.02. The minimum Gasteiger partial charge on any atom is -0.462 e. The van der Waals surface area contributed by atoms with Crippen molar-refractivity contribution in [1.82, 2.24) is 0 Å². The predicted molar refractivity (Wildman–Crippen MR) is 60.5 cm³/mol. The maximum Gasteiger partial charge on any atom is 0.333 e. The number of hydrogen-bond donors (Lipinski definition) is 1. The molecule has 3 heteroatoms. The number of aliphatic hydroxyl groups is 1. The molecule has 0 bridgehead atoms. The SMILES string of the molecule is CCCCCCOC(=O)C(C)=CC(C)O. The molecule has 0 radical (unpaired) electrons. The molecule has 0 aromatic carbocycles. The third-order valence-electron chi connectivity index (χ3n) is 2.04. The lowest BCUT2D eigenvalue weighted by atomic mass is 10.2. The Hall–Kier alpha value is -0.830. The molecule has 0 heterocycles. The van der Waals surface area contributed by atoms with Crippen LogP contribution < -0.4 is 0 Å². The van der Waals surface area contributed by atoms with E-state index in [-0.39, 0.29) is 5.97 Å². The molecule has 0 fully saturated rings. The second-order valence-electron chi connectivity index (χ2n) is 3.79. The molecule has 0 saturated carbocycles. The first kappa shape index (κ1) is 14.2. The zero-order chi connectivity index (χ0) is 11.7. The summed E-state index contributed by atoms with van der Waals surface area (Å²) in [6.45, 7) is 5.88. The summed E-state index contributed by atoms with van der Waals surface area (Å²) in [6.07, 6.45) is 5.27. The summed E-state index contributed by atoms with van der Waals surface area (Å²) in [5.41, 5.74) is 0.473. The van der Waals surface area contributed by atoms with E-state index in [0.717, 1.165) is 12.8 Å². The van der Waals surface area contributed by atoms with Gasteiger partial charge in [-0.2, -0.15) is 0 Å². The number of carbonyl (C=O) groups is 1. The van der Waals surface area contributed by atoms with Gasteiger partial charge in [-0.25, -0.2) is 4.79 Å². The van der Waals surface area contributed by atoms with Gasteiger partial charge in [0.25, 0.3) is 0 Å². The average molecular weight is 214 g/mol. The summed E-state index contributed by atoms with van der Waals surface area (Å²) in [5, 5.41) is 9.03. The second kappa shape index (κ2) is 8.48. The molecule has 0 saturated heterocycles. The number of hydrogen-bond acceptors (Lipinski definition) is 3. The van der Waals surface area contributed by atoms with Gasteiger partial charge in [0.15, 0.2) is 0 Å². The van der Waals surface area contributed by atoms with E-state index >= 15 is 0 Å². The summed E-state index contributed by atoms with van der Waals surface area (Å²) < 4.78 is 5.03. The van der Waals surface area contributed by atoms with E-state index in [4.69, 9.17) is 9.84 Å². The van der Waals surface area contributed by atoms with Gasteiger partial charge >= 0.3 is 5.97 Å². The molecule has 3 nitrogen and oxygen atoms in total. The molecule has 0 aliphatic heterocycles. The fourth-order valence-corrected chi connectivity index (χ4v) is 1.24. The summed E-state index contributed by atoms with van der Waals surface area (Å²) in [5.74, 6) is -0.326. The number of unbranched alkanes of at least 4 members (excludes halogenated alkanes) is 3. The Balaban J connectivity index is 3.65. The number of rotatable bonds is 7. The summed E-state index contributed by atoms with van der Waals surface area (Å²) in [4.78, 5) is 11.3. The first-order chi connectivity index (χ1) is 7.07. The molecule has 0 aliphatic carbocycles. The standard InChI is InChI=1S/C12H22O3/c1-4-5-6-7-8-15-12(14)10(2)9-11(3)13/h9,11,13H,4-8H2,1-3H3. The van der Waals surface area contributed by atoms with Crippen molar-refractivity contribution < 1.29 is 14.6 Å². The van der Waals surface area contributed by atoms with E-state index in [1.54, 1.807) is 13.8 Å². The van der Waals surface area contributed by atoms with Crippen LogP contribution in [0.2, 0.25) is 0 Å². The van der Waals surface area contributed by atoms with Crippen molar-refractivity contribution >= 4 is 5.97 Å². The third kappa shape index (κ3) is 8.18. The van der Waals surface area contributed by atoms with Crippen LogP contribution in [0.3, 0.4) is 0 Å². The minimum absolute atomic E-state index is 0.326. The van der Waals surface area contributed by atoms with E-state index in [1.807, 2.05) is 0 Å². The fourth-order valence-electron chi connectivity index (χ4n) is 1.24. The van der Waals surface area contributed by atoms with Crippen LogP contribution >= 0.6 is 0 Å². The van der Waals surface area contributed by atoms with Crippen molar-refractivity contribution in [2.45, 2.75) is 52.6 Å². The smallest absolute Gasteiger partial charge is 0.333 e. The van der Waals surface area contributed by atoms with Gasteiger partial charge in [-0.1, -0.05) is 26.2 Å². The molecule has 0 aromatic rings. The van der Waals surface area contributed by atoms with Crippen molar-refractivity contribution in [3.63, 3.8) is 0 Å². The molecule has 0 amide bonds. The molecule has 0 spiro atoms. The van der Waals surface area contributed by atoms with E-state index in [9.17, 15) is 4.79 Å². The van der Waals surface area contributed by atoms with E-state index in [2.05, 4.69) is 6.92 Å². The monoisotopic (exact) mass is 214 g/mol. The normalized spacial score (nSPS) is 13.7. The molecule has 0 aliphatic rings. The molecular formula is C12H22O3. The lowest BCUT2D eigenvalue weighted by Gasteiger charge is -2.05. The van der Waals surface area contributed by atoms with Crippen molar-refractivity contribution in [2.24, 2.45) is 0 Å². The molecule has 1 N–H and O–H groups in total. The maximum atomic E-state index is 11.3. The summed E-state index contributed by atoms with van der Waals surface area (Å²) >= 11 is 0. The van der Waals surface area contributed by atoms with Crippen LogP contribution in [0.25, 0.3) is 0 Å². The predicted octanol–water partition coefficient (Wildman–Crippen LogP) is 2.44. The fraction of sp³-hybridized carbons (Fsp3) is 0.750. The Morgan fingerprint density at radius 2 is 2.07 bits per heavy atom. The van der Waals surface area contributed by atoms with Crippen molar-refractivity contribution in [2.75, 3.05) is 6.61 Å². The Morgan fingerprint density at radius 3 is 2.60 bits per heavy atom. The zero-order valence-electron chi connectivity index (χ0n) is 9.95. The maximum absolute atomic E-state index is 11.3. The molecule has 88 valence electrons. The molecule has 1 atom stereocenters.